The molecule has 0 aromatic heterocycles. The monoisotopic (exact) mass is 704 g/mol. The quantitative estimate of drug-likeness (QED) is 0.0640. The second kappa shape index (κ2) is 21.7. The highest BCUT2D eigenvalue weighted by Gasteiger charge is 2.13. The van der Waals surface area contributed by atoms with Crippen molar-refractivity contribution in [3.63, 3.8) is 0 Å². The molecule has 11 heteroatoms. The van der Waals surface area contributed by atoms with Crippen LogP contribution < -0.4 is 24.8 Å². The Bertz CT molecular complexity index is 1770. The first-order chi connectivity index (χ1) is 24.8. The van der Waals surface area contributed by atoms with Crippen molar-refractivity contribution in [1.82, 2.24) is 0 Å². The standard InChI is InChI=1S/C23H24FNO3.C16H18FNO3.CH4O/c1-2-17-8-10-22(23(14-17)27-16-18-6-4-3-5-7-18)28-21-11-9-19(15-20(21)24)25-12-13-26;1-2-11-3-5-16(14(20)9-11)21-15-6-4-12(10-13(15)17)18-7-8-19;1-2/h3-11,14-15,25-26H,2,12-13,16H2,1H3;3-6,9-10,18-20H,2,7-8H2,1H3;2H,1H3. The molecule has 5 aromatic carbocycles. The Balaban J connectivity index is 0.000000273. The Labute approximate surface area is 297 Å². The van der Waals surface area contributed by atoms with Gasteiger partial charge in [-0.1, -0.05) is 56.3 Å². The lowest BCUT2D eigenvalue weighted by Gasteiger charge is -2.15. The van der Waals surface area contributed by atoms with E-state index in [1.807, 2.05) is 55.5 Å². The van der Waals surface area contributed by atoms with Crippen LogP contribution in [0.4, 0.5) is 20.2 Å². The summed E-state index contributed by atoms with van der Waals surface area (Å²) in [7, 11) is 1.00. The van der Waals surface area contributed by atoms with Gasteiger partial charge in [0.2, 0.25) is 0 Å². The largest absolute Gasteiger partial charge is 0.504 e. The average molecular weight is 705 g/mol. The molecule has 0 atom stereocenters. The Kier molecular flexibility index (Phi) is 17.0. The van der Waals surface area contributed by atoms with E-state index >= 15 is 0 Å². The molecular formula is C40H46F2N2O7. The lowest BCUT2D eigenvalue weighted by atomic mass is 10.1. The van der Waals surface area contributed by atoms with E-state index < -0.39 is 11.6 Å². The molecule has 0 spiro atoms. The Morgan fingerprint density at radius 3 is 1.53 bits per heavy atom. The molecule has 0 aliphatic rings. The molecule has 0 radical (unpaired) electrons. The zero-order chi connectivity index (χ0) is 37.0. The van der Waals surface area contributed by atoms with Gasteiger partial charge in [-0.25, -0.2) is 8.78 Å². The maximum atomic E-state index is 14.4. The zero-order valence-corrected chi connectivity index (χ0v) is 29.0. The molecule has 0 bridgehead atoms. The number of hydrogen-bond acceptors (Lipinski definition) is 9. The maximum absolute atomic E-state index is 14.4. The van der Waals surface area contributed by atoms with Gasteiger partial charge in [0.25, 0.3) is 0 Å². The van der Waals surface area contributed by atoms with Gasteiger partial charge in [-0.15, -0.1) is 0 Å². The molecule has 0 saturated carbocycles. The topological polar surface area (TPSA) is 133 Å². The van der Waals surface area contributed by atoms with Crippen LogP contribution in [0, 0.1) is 11.6 Å². The van der Waals surface area contributed by atoms with Crippen LogP contribution in [-0.2, 0) is 19.4 Å². The fourth-order valence-electron chi connectivity index (χ4n) is 4.60. The fourth-order valence-corrected chi connectivity index (χ4v) is 4.60. The Morgan fingerprint density at radius 2 is 1.04 bits per heavy atom. The number of phenolic OH excluding ortho intramolecular Hbond substituents is 1. The van der Waals surface area contributed by atoms with E-state index in [1.165, 1.54) is 18.2 Å². The third-order valence-electron chi connectivity index (χ3n) is 7.27. The van der Waals surface area contributed by atoms with Gasteiger partial charge in [0.1, 0.15) is 6.61 Å². The highest BCUT2D eigenvalue weighted by molar-refractivity contribution is 5.51. The van der Waals surface area contributed by atoms with E-state index in [0.29, 0.717) is 42.6 Å². The molecule has 0 amide bonds. The van der Waals surface area contributed by atoms with Crippen molar-refractivity contribution < 1.29 is 43.4 Å². The number of aryl methyl sites for hydroxylation is 2. The van der Waals surface area contributed by atoms with Gasteiger partial charge in [-0.05, 0) is 78.1 Å². The smallest absolute Gasteiger partial charge is 0.169 e. The number of benzene rings is 5. The number of hydrogen-bond donors (Lipinski definition) is 6. The van der Waals surface area contributed by atoms with Gasteiger partial charge in [-0.3, -0.25) is 0 Å². The van der Waals surface area contributed by atoms with Crippen molar-refractivity contribution in [1.29, 1.82) is 0 Å². The lowest BCUT2D eigenvalue weighted by molar-refractivity contribution is 0.289. The summed E-state index contributed by atoms with van der Waals surface area (Å²) in [6.45, 7) is 5.09. The number of halogens is 2. The summed E-state index contributed by atoms with van der Waals surface area (Å²) in [4.78, 5) is 0. The second-order valence-corrected chi connectivity index (χ2v) is 10.9. The predicted octanol–water partition coefficient (Wildman–Crippen LogP) is 8.06. The van der Waals surface area contributed by atoms with Crippen LogP contribution in [0.5, 0.6) is 34.5 Å². The number of ether oxygens (including phenoxy) is 3. The van der Waals surface area contributed by atoms with Crippen molar-refractivity contribution in [2.75, 3.05) is 44.0 Å². The predicted molar refractivity (Wildman–Crippen MR) is 196 cm³/mol. The van der Waals surface area contributed by atoms with Crippen molar-refractivity contribution in [2.45, 2.75) is 33.3 Å². The minimum absolute atomic E-state index is 0.0174. The molecule has 5 aromatic rings. The third-order valence-corrected chi connectivity index (χ3v) is 7.27. The molecule has 0 aliphatic carbocycles. The van der Waals surface area contributed by atoms with Crippen molar-refractivity contribution in [2.24, 2.45) is 0 Å². The van der Waals surface area contributed by atoms with Crippen LogP contribution in [0.2, 0.25) is 0 Å². The first-order valence-electron chi connectivity index (χ1n) is 16.5. The van der Waals surface area contributed by atoms with Crippen molar-refractivity contribution in [3.05, 3.63) is 131 Å². The molecule has 0 heterocycles. The molecule has 9 nitrogen and oxygen atoms in total. The van der Waals surface area contributed by atoms with Crippen LogP contribution in [0.15, 0.2) is 103 Å². The lowest BCUT2D eigenvalue weighted by Crippen LogP contribution is -2.05. The van der Waals surface area contributed by atoms with Gasteiger partial charge in [0.05, 0.1) is 13.2 Å². The number of phenols is 1. The molecule has 0 unspecified atom stereocenters. The molecular weight excluding hydrogens is 658 g/mol. The summed E-state index contributed by atoms with van der Waals surface area (Å²) in [5, 5.41) is 40.2. The second-order valence-electron chi connectivity index (χ2n) is 10.9. The summed E-state index contributed by atoms with van der Waals surface area (Å²) in [6.07, 6.45) is 1.66. The highest BCUT2D eigenvalue weighted by Crippen LogP contribution is 2.36. The van der Waals surface area contributed by atoms with Gasteiger partial charge in [0, 0.05) is 43.7 Å². The zero-order valence-electron chi connectivity index (χ0n) is 29.0. The Morgan fingerprint density at radius 1 is 0.549 bits per heavy atom. The molecule has 0 saturated heterocycles. The van der Waals surface area contributed by atoms with E-state index in [4.69, 9.17) is 29.5 Å². The number of aliphatic hydroxyl groups is 3. The third kappa shape index (κ3) is 12.8. The van der Waals surface area contributed by atoms with Crippen LogP contribution in [0.1, 0.15) is 30.5 Å². The van der Waals surface area contributed by atoms with E-state index in [-0.39, 0.29) is 36.2 Å². The minimum atomic E-state index is -0.545. The normalized spacial score (nSPS) is 10.2. The number of aliphatic hydroxyl groups excluding tert-OH is 3. The van der Waals surface area contributed by atoms with Crippen LogP contribution in [0.3, 0.4) is 0 Å². The average Bonchev–Trinajstić information content (AvgIpc) is 3.16. The summed E-state index contributed by atoms with van der Waals surface area (Å²) < 4.78 is 45.5. The SMILES string of the molecule is CCc1ccc(Oc2ccc(NCCO)cc2F)c(O)c1.CCc1ccc(Oc2ccc(NCCO)cc2F)c(OCc2ccccc2)c1.CO. The van der Waals surface area contributed by atoms with E-state index in [1.54, 1.807) is 36.4 Å². The Hall–Kier alpha value is -5.36. The molecule has 0 aliphatic heterocycles. The number of rotatable bonds is 15. The highest BCUT2D eigenvalue weighted by atomic mass is 19.1. The maximum Gasteiger partial charge on any atom is 0.169 e. The molecule has 0 fully saturated rings. The van der Waals surface area contributed by atoms with Gasteiger partial charge >= 0.3 is 0 Å². The molecule has 51 heavy (non-hydrogen) atoms. The summed E-state index contributed by atoms with van der Waals surface area (Å²) in [5.41, 5.74) is 4.27. The first-order valence-corrected chi connectivity index (χ1v) is 16.5. The minimum Gasteiger partial charge on any atom is -0.504 e. The van der Waals surface area contributed by atoms with E-state index in [2.05, 4.69) is 17.6 Å². The van der Waals surface area contributed by atoms with Crippen LogP contribution in [-0.4, -0.2) is 53.8 Å². The van der Waals surface area contributed by atoms with Crippen molar-refractivity contribution >= 4 is 11.4 Å². The number of aromatic hydroxyl groups is 1. The summed E-state index contributed by atoms with van der Waals surface area (Å²) >= 11 is 0. The van der Waals surface area contributed by atoms with E-state index in [9.17, 15) is 13.9 Å². The molecule has 272 valence electrons. The first kappa shape index (κ1) is 40.1. The van der Waals surface area contributed by atoms with Crippen LogP contribution in [0.25, 0.3) is 0 Å². The van der Waals surface area contributed by atoms with Gasteiger partial charge in [0.15, 0.2) is 46.1 Å². The number of anilines is 2. The summed E-state index contributed by atoms with van der Waals surface area (Å²) in [5.74, 6) is 0.340. The summed E-state index contributed by atoms with van der Waals surface area (Å²) in [6, 6.07) is 29.6. The van der Waals surface area contributed by atoms with Crippen molar-refractivity contribution in [3.8, 4) is 34.5 Å². The van der Waals surface area contributed by atoms with E-state index in [0.717, 1.165) is 36.6 Å². The van der Waals surface area contributed by atoms with Gasteiger partial charge < -0.3 is 45.3 Å². The molecule has 5 rings (SSSR count). The fraction of sp³-hybridized carbons (Fsp3) is 0.250. The number of nitrogens with one attached hydrogen (secondary N) is 2. The molecule has 6 N–H and O–H groups in total. The van der Waals surface area contributed by atoms with Gasteiger partial charge in [-0.2, -0.15) is 0 Å². The van der Waals surface area contributed by atoms with Crippen LogP contribution >= 0.6 is 0 Å².